The van der Waals surface area contributed by atoms with Gasteiger partial charge in [0.25, 0.3) is 0 Å². The standard InChI is InChI=1S/C13H16N2OS/c1-9(14-15-13(16)11-3-4-11)10-5-7-12(17-2)8-6-10/h5-8,11H,3-4H2,1-2H3,(H,15,16)/b14-9+. The lowest BCUT2D eigenvalue weighted by molar-refractivity contribution is -0.122. The molecule has 90 valence electrons. The quantitative estimate of drug-likeness (QED) is 0.505. The number of thioether (sulfide) groups is 1. The summed E-state index contributed by atoms with van der Waals surface area (Å²) in [5, 5.41) is 4.12. The molecule has 0 unspecified atom stereocenters. The summed E-state index contributed by atoms with van der Waals surface area (Å²) in [7, 11) is 0. The van der Waals surface area contributed by atoms with E-state index in [1.165, 1.54) is 4.90 Å². The Morgan fingerprint density at radius 2 is 2.00 bits per heavy atom. The van der Waals surface area contributed by atoms with Crippen LogP contribution in [0.25, 0.3) is 0 Å². The van der Waals surface area contributed by atoms with Crippen LogP contribution in [0.3, 0.4) is 0 Å². The number of amides is 1. The molecule has 0 aromatic heterocycles. The third-order valence-corrected chi connectivity index (χ3v) is 3.53. The van der Waals surface area contributed by atoms with Crippen LogP contribution < -0.4 is 5.43 Å². The van der Waals surface area contributed by atoms with E-state index in [9.17, 15) is 4.79 Å². The Hall–Kier alpha value is -1.29. The van der Waals surface area contributed by atoms with Crippen molar-refractivity contribution in [2.24, 2.45) is 11.0 Å². The maximum atomic E-state index is 11.4. The Morgan fingerprint density at radius 1 is 1.35 bits per heavy atom. The summed E-state index contributed by atoms with van der Waals surface area (Å²) in [4.78, 5) is 12.6. The molecule has 1 aliphatic rings. The first-order valence-corrected chi connectivity index (χ1v) is 6.91. The molecular weight excluding hydrogens is 232 g/mol. The Bertz CT molecular complexity index is 435. The van der Waals surface area contributed by atoms with Crippen molar-refractivity contribution in [1.82, 2.24) is 5.43 Å². The molecule has 1 aromatic carbocycles. The summed E-state index contributed by atoms with van der Waals surface area (Å²) in [6.45, 7) is 1.90. The minimum atomic E-state index is 0.0464. The average Bonchev–Trinajstić information content (AvgIpc) is 3.20. The number of nitrogens with zero attached hydrogens (tertiary/aromatic N) is 1. The third-order valence-electron chi connectivity index (χ3n) is 2.79. The molecule has 17 heavy (non-hydrogen) atoms. The molecule has 1 aliphatic carbocycles. The number of nitrogens with one attached hydrogen (secondary N) is 1. The summed E-state index contributed by atoms with van der Waals surface area (Å²) in [6, 6.07) is 8.16. The van der Waals surface area contributed by atoms with Gasteiger partial charge in [-0.3, -0.25) is 4.79 Å². The molecule has 1 saturated carbocycles. The number of rotatable bonds is 4. The van der Waals surface area contributed by atoms with E-state index in [-0.39, 0.29) is 11.8 Å². The lowest BCUT2D eigenvalue weighted by Gasteiger charge is -2.03. The molecule has 1 aromatic rings. The molecule has 0 saturated heterocycles. The fourth-order valence-electron chi connectivity index (χ4n) is 1.47. The van der Waals surface area contributed by atoms with Crippen LogP contribution >= 0.6 is 11.8 Å². The highest BCUT2D eigenvalue weighted by molar-refractivity contribution is 7.98. The fourth-order valence-corrected chi connectivity index (χ4v) is 1.88. The van der Waals surface area contributed by atoms with Crippen molar-refractivity contribution in [2.45, 2.75) is 24.7 Å². The largest absolute Gasteiger partial charge is 0.273 e. The van der Waals surface area contributed by atoms with Gasteiger partial charge in [0.2, 0.25) is 5.91 Å². The van der Waals surface area contributed by atoms with Gasteiger partial charge in [-0.1, -0.05) is 12.1 Å². The van der Waals surface area contributed by atoms with Gasteiger partial charge in [0.05, 0.1) is 5.71 Å². The van der Waals surface area contributed by atoms with E-state index in [4.69, 9.17) is 0 Å². The monoisotopic (exact) mass is 248 g/mol. The second-order valence-electron chi connectivity index (χ2n) is 4.18. The van der Waals surface area contributed by atoms with E-state index in [0.29, 0.717) is 0 Å². The van der Waals surface area contributed by atoms with Crippen molar-refractivity contribution in [3.05, 3.63) is 29.8 Å². The highest BCUT2D eigenvalue weighted by atomic mass is 32.2. The molecular formula is C13H16N2OS. The first-order valence-electron chi connectivity index (χ1n) is 5.69. The zero-order valence-corrected chi connectivity index (χ0v) is 10.9. The van der Waals surface area contributed by atoms with Gasteiger partial charge in [-0.05, 0) is 43.7 Å². The van der Waals surface area contributed by atoms with Gasteiger partial charge >= 0.3 is 0 Å². The number of carbonyl (C=O) groups is 1. The smallest absolute Gasteiger partial charge is 0.243 e. The van der Waals surface area contributed by atoms with Crippen LogP contribution in [0.2, 0.25) is 0 Å². The topological polar surface area (TPSA) is 41.5 Å². The first-order chi connectivity index (χ1) is 8.20. The van der Waals surface area contributed by atoms with Gasteiger partial charge in [-0.25, -0.2) is 5.43 Å². The lowest BCUT2D eigenvalue weighted by Crippen LogP contribution is -2.20. The number of hydrogen-bond acceptors (Lipinski definition) is 3. The molecule has 2 rings (SSSR count). The fraction of sp³-hybridized carbons (Fsp3) is 0.385. The van der Waals surface area contributed by atoms with Crippen LogP contribution in [0.4, 0.5) is 0 Å². The van der Waals surface area contributed by atoms with Gasteiger partial charge in [0.15, 0.2) is 0 Å². The van der Waals surface area contributed by atoms with Gasteiger partial charge in [-0.2, -0.15) is 5.10 Å². The highest BCUT2D eigenvalue weighted by Gasteiger charge is 2.29. The van der Waals surface area contributed by atoms with Crippen LogP contribution in [-0.2, 0) is 4.79 Å². The minimum Gasteiger partial charge on any atom is -0.273 e. The van der Waals surface area contributed by atoms with E-state index in [0.717, 1.165) is 24.1 Å². The summed E-state index contributed by atoms with van der Waals surface area (Å²) < 4.78 is 0. The molecule has 0 spiro atoms. The Labute approximate surface area is 106 Å². The number of hydrogen-bond donors (Lipinski definition) is 1. The maximum Gasteiger partial charge on any atom is 0.243 e. The molecule has 0 aliphatic heterocycles. The van der Waals surface area contributed by atoms with Gasteiger partial charge in [-0.15, -0.1) is 11.8 Å². The zero-order valence-electron chi connectivity index (χ0n) is 10.1. The van der Waals surface area contributed by atoms with Gasteiger partial charge < -0.3 is 0 Å². The van der Waals surface area contributed by atoms with Crippen LogP contribution in [0.5, 0.6) is 0 Å². The van der Waals surface area contributed by atoms with Crippen molar-refractivity contribution in [1.29, 1.82) is 0 Å². The van der Waals surface area contributed by atoms with E-state index in [1.807, 2.05) is 25.3 Å². The summed E-state index contributed by atoms with van der Waals surface area (Å²) in [5.41, 5.74) is 4.50. The summed E-state index contributed by atoms with van der Waals surface area (Å²) in [5.74, 6) is 0.246. The predicted octanol–water partition coefficient (Wildman–Crippen LogP) is 2.66. The normalized spacial score (nSPS) is 15.8. The first kappa shape index (κ1) is 12.2. The number of hydrazone groups is 1. The predicted molar refractivity (Wildman–Crippen MR) is 71.3 cm³/mol. The molecule has 4 heteroatoms. The molecule has 0 heterocycles. The third kappa shape index (κ3) is 3.33. The second-order valence-corrected chi connectivity index (χ2v) is 5.06. The van der Waals surface area contributed by atoms with Gasteiger partial charge in [0, 0.05) is 10.8 Å². The molecule has 0 atom stereocenters. The van der Waals surface area contributed by atoms with Crippen LogP contribution in [0.1, 0.15) is 25.3 Å². The van der Waals surface area contributed by atoms with Crippen molar-refractivity contribution in [3.8, 4) is 0 Å². The summed E-state index contributed by atoms with van der Waals surface area (Å²) in [6.07, 6.45) is 4.05. The van der Waals surface area contributed by atoms with Crippen LogP contribution in [0.15, 0.2) is 34.3 Å². The lowest BCUT2D eigenvalue weighted by atomic mass is 10.1. The van der Waals surface area contributed by atoms with Gasteiger partial charge in [0.1, 0.15) is 0 Å². The SMILES string of the molecule is CSc1ccc(/C(C)=N/NC(=O)C2CC2)cc1. The minimum absolute atomic E-state index is 0.0464. The van der Waals surface area contributed by atoms with Crippen LogP contribution in [-0.4, -0.2) is 17.9 Å². The molecule has 0 bridgehead atoms. The van der Waals surface area contributed by atoms with E-state index in [1.54, 1.807) is 11.8 Å². The molecule has 3 nitrogen and oxygen atoms in total. The molecule has 0 radical (unpaired) electrons. The van der Waals surface area contributed by atoms with E-state index >= 15 is 0 Å². The maximum absolute atomic E-state index is 11.4. The van der Waals surface area contributed by atoms with Crippen molar-refractivity contribution >= 4 is 23.4 Å². The van der Waals surface area contributed by atoms with Crippen LogP contribution in [0, 0.1) is 5.92 Å². The van der Waals surface area contributed by atoms with Crippen molar-refractivity contribution in [2.75, 3.05) is 6.26 Å². The number of carbonyl (C=O) groups excluding carboxylic acids is 1. The number of benzene rings is 1. The summed E-state index contributed by atoms with van der Waals surface area (Å²) >= 11 is 1.71. The Balaban J connectivity index is 1.99. The Kier molecular flexibility index (Phi) is 3.84. The van der Waals surface area contributed by atoms with E-state index < -0.39 is 0 Å². The molecule has 1 N–H and O–H groups in total. The highest BCUT2D eigenvalue weighted by Crippen LogP contribution is 2.28. The average molecular weight is 248 g/mol. The van der Waals surface area contributed by atoms with Crippen molar-refractivity contribution in [3.63, 3.8) is 0 Å². The second kappa shape index (κ2) is 5.36. The zero-order chi connectivity index (χ0) is 12.3. The Morgan fingerprint density at radius 3 is 2.53 bits per heavy atom. The van der Waals surface area contributed by atoms with E-state index in [2.05, 4.69) is 22.7 Å². The molecule has 1 amide bonds. The molecule has 1 fully saturated rings. The van der Waals surface area contributed by atoms with Crippen molar-refractivity contribution < 1.29 is 4.79 Å².